The number of aromatic nitrogens is 2. The summed E-state index contributed by atoms with van der Waals surface area (Å²) in [7, 11) is 0. The fraction of sp³-hybridized carbons (Fsp3) is 0.174. The number of benzene rings is 2. The average Bonchev–Trinajstić information content (AvgIpc) is 3.50. The van der Waals surface area contributed by atoms with Gasteiger partial charge in [-0.3, -0.25) is 34.9 Å². The predicted octanol–water partition coefficient (Wildman–Crippen LogP) is 2.66. The molecule has 2 aromatic carbocycles. The molecule has 33 heavy (non-hydrogen) atoms. The lowest BCUT2D eigenvalue weighted by Crippen LogP contribution is -2.18. The maximum atomic E-state index is 10.1. The number of rotatable bonds is 3. The largest absolute Gasteiger partial charge is 0.381 e. The number of nitrogens with zero attached hydrogens (tertiary/aromatic N) is 1. The maximum absolute atomic E-state index is 10.1. The van der Waals surface area contributed by atoms with Gasteiger partial charge < -0.3 is 5.73 Å². The van der Waals surface area contributed by atoms with Crippen LogP contribution in [0.15, 0.2) is 70.5 Å². The summed E-state index contributed by atoms with van der Waals surface area (Å²) in [5.74, 6) is -0.0577. The van der Waals surface area contributed by atoms with Crippen molar-refractivity contribution in [2.45, 2.75) is 35.5 Å². The number of carbonyl (C=O) groups excluding carboxylic acids is 4. The number of nitrogen functional groups attached to an aromatic ring is 1. The number of amides is 4. The Morgan fingerprint density at radius 3 is 1.58 bits per heavy atom. The Kier molecular flexibility index (Phi) is 8.36. The highest BCUT2D eigenvalue weighted by atomic mass is 32.2. The standard InChI is InChI=1S/C15H13N3S.2C4H5NO2/c16-15-14(19-12-9-5-2-6-10-12)13(17-18-15)11-7-3-1-4-8-11;2*6-3-1-2-4(7)5-3/h1-10H,(H3,16,17,18);2*1-2H2,(H,5,6,7). The molecule has 0 unspecified atom stereocenters. The number of H-pyrrole nitrogens is 1. The first-order valence-electron chi connectivity index (χ1n) is 10.2. The van der Waals surface area contributed by atoms with Gasteiger partial charge in [-0.15, -0.1) is 0 Å². The second-order valence-corrected chi connectivity index (χ2v) is 8.12. The summed E-state index contributed by atoms with van der Waals surface area (Å²) in [5.41, 5.74) is 8.02. The van der Waals surface area contributed by atoms with Crippen LogP contribution in [-0.2, 0) is 19.2 Å². The van der Waals surface area contributed by atoms with E-state index in [1.54, 1.807) is 11.8 Å². The normalized spacial score (nSPS) is 14.5. The van der Waals surface area contributed by atoms with Gasteiger partial charge >= 0.3 is 0 Å². The van der Waals surface area contributed by atoms with Gasteiger partial charge in [0, 0.05) is 36.1 Å². The van der Waals surface area contributed by atoms with Gasteiger partial charge in [-0.05, 0) is 12.1 Å². The quantitative estimate of drug-likeness (QED) is 0.435. The molecular weight excluding hydrogens is 442 g/mol. The van der Waals surface area contributed by atoms with Crippen LogP contribution in [0, 0.1) is 0 Å². The third-order valence-corrected chi connectivity index (χ3v) is 5.61. The van der Waals surface area contributed by atoms with E-state index < -0.39 is 0 Å². The fourth-order valence-corrected chi connectivity index (χ4v) is 3.82. The first kappa shape index (κ1) is 23.7. The van der Waals surface area contributed by atoms with E-state index in [2.05, 4.69) is 33.0 Å². The molecule has 0 bridgehead atoms. The lowest BCUT2D eigenvalue weighted by atomic mass is 10.1. The second kappa shape index (κ2) is 11.6. The number of aromatic amines is 1. The van der Waals surface area contributed by atoms with E-state index in [9.17, 15) is 19.2 Å². The Morgan fingerprint density at radius 2 is 1.15 bits per heavy atom. The van der Waals surface area contributed by atoms with Crippen molar-refractivity contribution in [1.82, 2.24) is 20.8 Å². The number of carbonyl (C=O) groups is 4. The van der Waals surface area contributed by atoms with E-state index in [0.29, 0.717) is 31.5 Å². The van der Waals surface area contributed by atoms with Gasteiger partial charge in [0.05, 0.1) is 10.6 Å². The van der Waals surface area contributed by atoms with Crippen LogP contribution in [0.25, 0.3) is 11.3 Å². The van der Waals surface area contributed by atoms with Crippen LogP contribution in [0.3, 0.4) is 0 Å². The van der Waals surface area contributed by atoms with Crippen molar-refractivity contribution in [2.24, 2.45) is 0 Å². The van der Waals surface area contributed by atoms with Gasteiger partial charge in [0.1, 0.15) is 0 Å². The van der Waals surface area contributed by atoms with Crippen molar-refractivity contribution in [1.29, 1.82) is 0 Å². The van der Waals surface area contributed by atoms with Gasteiger partial charge in [-0.2, -0.15) is 5.10 Å². The maximum Gasteiger partial charge on any atom is 0.227 e. The summed E-state index contributed by atoms with van der Waals surface area (Å²) in [6.07, 6.45) is 1.50. The molecule has 5 rings (SSSR count). The van der Waals surface area contributed by atoms with E-state index in [1.807, 2.05) is 48.5 Å². The van der Waals surface area contributed by atoms with Crippen molar-refractivity contribution in [2.75, 3.05) is 5.73 Å². The summed E-state index contributed by atoms with van der Waals surface area (Å²) >= 11 is 1.62. The Balaban J connectivity index is 0.000000178. The second-order valence-electron chi connectivity index (χ2n) is 7.04. The molecule has 2 fully saturated rings. The predicted molar refractivity (Wildman–Crippen MR) is 124 cm³/mol. The molecule has 0 aliphatic carbocycles. The highest BCUT2D eigenvalue weighted by Gasteiger charge is 2.16. The van der Waals surface area contributed by atoms with Gasteiger partial charge in [0.25, 0.3) is 0 Å². The summed E-state index contributed by atoms with van der Waals surface area (Å²) < 4.78 is 0. The topological polar surface area (TPSA) is 147 Å². The van der Waals surface area contributed by atoms with E-state index in [1.165, 1.54) is 0 Å². The molecule has 3 heterocycles. The molecule has 0 spiro atoms. The SMILES string of the molecule is Nc1n[nH]c(-c2ccccc2)c1Sc1ccccc1.O=C1CCC(=O)N1.O=C1CCC(=O)N1. The lowest BCUT2D eigenvalue weighted by molar-refractivity contribution is -0.126. The lowest BCUT2D eigenvalue weighted by Gasteiger charge is -2.04. The van der Waals surface area contributed by atoms with Crippen molar-refractivity contribution in [3.8, 4) is 11.3 Å². The highest BCUT2D eigenvalue weighted by molar-refractivity contribution is 7.99. The number of nitrogens with one attached hydrogen (secondary N) is 3. The summed E-state index contributed by atoms with van der Waals surface area (Å²) in [4.78, 5) is 42.6. The minimum atomic E-state index is -0.148. The van der Waals surface area contributed by atoms with E-state index in [4.69, 9.17) is 5.73 Å². The molecule has 10 heteroatoms. The van der Waals surface area contributed by atoms with Crippen LogP contribution in [0.5, 0.6) is 0 Å². The summed E-state index contributed by atoms with van der Waals surface area (Å²) in [5, 5.41) is 11.4. The zero-order valence-electron chi connectivity index (χ0n) is 17.7. The van der Waals surface area contributed by atoms with E-state index in [0.717, 1.165) is 21.0 Å². The molecule has 2 saturated heterocycles. The molecule has 9 nitrogen and oxygen atoms in total. The summed E-state index contributed by atoms with van der Waals surface area (Å²) in [6.45, 7) is 0. The van der Waals surface area contributed by atoms with Gasteiger partial charge in [-0.25, -0.2) is 0 Å². The van der Waals surface area contributed by atoms with Crippen LogP contribution in [0.1, 0.15) is 25.7 Å². The minimum absolute atomic E-state index is 0.148. The van der Waals surface area contributed by atoms with Crippen LogP contribution < -0.4 is 16.4 Å². The third kappa shape index (κ3) is 7.32. The molecular formula is C23H23N5O4S. The van der Waals surface area contributed by atoms with Crippen molar-refractivity contribution >= 4 is 41.2 Å². The van der Waals surface area contributed by atoms with Crippen molar-refractivity contribution in [3.05, 3.63) is 60.7 Å². The number of anilines is 1. The van der Waals surface area contributed by atoms with Gasteiger partial charge in [0.2, 0.25) is 23.6 Å². The molecule has 3 aromatic rings. The van der Waals surface area contributed by atoms with Crippen molar-refractivity contribution in [3.63, 3.8) is 0 Å². The Bertz CT molecular complexity index is 1070. The molecule has 4 amide bonds. The first-order chi connectivity index (χ1) is 15.9. The molecule has 0 saturated carbocycles. The monoisotopic (exact) mass is 465 g/mol. The zero-order valence-corrected chi connectivity index (χ0v) is 18.5. The molecule has 0 radical (unpaired) electrons. The fourth-order valence-electron chi connectivity index (χ4n) is 2.87. The third-order valence-electron chi connectivity index (χ3n) is 4.49. The van der Waals surface area contributed by atoms with Crippen LogP contribution in [-0.4, -0.2) is 33.8 Å². The van der Waals surface area contributed by atoms with E-state index in [-0.39, 0.29) is 23.6 Å². The Hall–Kier alpha value is -3.92. The zero-order chi connectivity index (χ0) is 23.6. The highest BCUT2D eigenvalue weighted by Crippen LogP contribution is 2.38. The number of imide groups is 2. The number of hydrogen-bond donors (Lipinski definition) is 4. The smallest absolute Gasteiger partial charge is 0.227 e. The molecule has 5 N–H and O–H groups in total. The van der Waals surface area contributed by atoms with Crippen LogP contribution >= 0.6 is 11.8 Å². The summed E-state index contributed by atoms with van der Waals surface area (Å²) in [6, 6.07) is 20.2. The average molecular weight is 466 g/mol. The number of nitrogens with two attached hydrogens (primary N) is 1. The Labute approximate surface area is 194 Å². The molecule has 2 aliphatic rings. The van der Waals surface area contributed by atoms with Gasteiger partial charge in [0.15, 0.2) is 5.82 Å². The molecule has 2 aliphatic heterocycles. The number of hydrogen-bond acceptors (Lipinski definition) is 7. The molecule has 0 atom stereocenters. The van der Waals surface area contributed by atoms with Crippen LogP contribution in [0.2, 0.25) is 0 Å². The molecule has 1 aromatic heterocycles. The molecule has 170 valence electrons. The first-order valence-corrected chi connectivity index (χ1v) is 11.0. The minimum Gasteiger partial charge on any atom is -0.381 e. The van der Waals surface area contributed by atoms with Crippen LogP contribution in [0.4, 0.5) is 5.82 Å². The Morgan fingerprint density at radius 1 is 0.697 bits per heavy atom. The van der Waals surface area contributed by atoms with Gasteiger partial charge in [-0.1, -0.05) is 60.3 Å². The van der Waals surface area contributed by atoms with E-state index >= 15 is 0 Å². The van der Waals surface area contributed by atoms with Crippen molar-refractivity contribution < 1.29 is 19.2 Å².